The molecule has 0 unspecified atom stereocenters. The Morgan fingerprint density at radius 2 is 1.73 bits per heavy atom. The van der Waals surface area contributed by atoms with Crippen LogP contribution >= 0.6 is 0 Å². The summed E-state index contributed by atoms with van der Waals surface area (Å²) in [5.74, 6) is 0.574. The lowest BCUT2D eigenvalue weighted by Crippen LogP contribution is -2.11. The third-order valence-corrected chi connectivity index (χ3v) is 5.14. The van der Waals surface area contributed by atoms with Crippen molar-refractivity contribution in [2.24, 2.45) is 0 Å². The van der Waals surface area contributed by atoms with E-state index in [-0.39, 0.29) is 4.90 Å². The summed E-state index contributed by atoms with van der Waals surface area (Å²) in [5.41, 5.74) is 0.813. The minimum absolute atomic E-state index is 0.131. The number of methoxy groups -OCH3 is 1. The van der Waals surface area contributed by atoms with Gasteiger partial charge >= 0.3 is 0 Å². The average molecular weight is 315 g/mol. The molecule has 6 heteroatoms. The number of nitrogens with zero attached hydrogens (tertiary/aromatic N) is 1. The summed E-state index contributed by atoms with van der Waals surface area (Å²) in [6, 6.07) is 13.0. The highest BCUT2D eigenvalue weighted by atomic mass is 32.2. The van der Waals surface area contributed by atoms with Gasteiger partial charge in [-0.05, 0) is 30.3 Å². The van der Waals surface area contributed by atoms with Crippen LogP contribution in [0.25, 0.3) is 10.9 Å². The summed E-state index contributed by atoms with van der Waals surface area (Å²) < 4.78 is 31.7. The van der Waals surface area contributed by atoms with Crippen molar-refractivity contribution in [3.63, 3.8) is 0 Å². The van der Waals surface area contributed by atoms with Crippen molar-refractivity contribution in [3.8, 4) is 5.75 Å². The second kappa shape index (κ2) is 5.31. The van der Waals surface area contributed by atoms with E-state index in [0.717, 1.165) is 3.97 Å². The van der Waals surface area contributed by atoms with Gasteiger partial charge < -0.3 is 4.74 Å². The number of hydrogen-bond acceptors (Lipinski definition) is 4. The molecule has 1 aromatic heterocycles. The van der Waals surface area contributed by atoms with Crippen molar-refractivity contribution in [1.29, 1.82) is 0 Å². The Balaban J connectivity index is 2.22. The quantitative estimate of drug-likeness (QED) is 0.694. The Hall–Kier alpha value is -2.60. The lowest BCUT2D eigenvalue weighted by molar-refractivity contribution is 0.112. The summed E-state index contributed by atoms with van der Waals surface area (Å²) in [7, 11) is -2.26. The monoisotopic (exact) mass is 315 g/mol. The van der Waals surface area contributed by atoms with Gasteiger partial charge in [0.05, 0.1) is 17.5 Å². The number of benzene rings is 2. The maximum atomic E-state index is 12.8. The summed E-state index contributed by atoms with van der Waals surface area (Å²) >= 11 is 0. The molecule has 0 radical (unpaired) electrons. The van der Waals surface area contributed by atoms with E-state index in [1.807, 2.05) is 0 Å². The van der Waals surface area contributed by atoms with E-state index < -0.39 is 10.0 Å². The van der Waals surface area contributed by atoms with E-state index in [0.29, 0.717) is 28.5 Å². The molecule has 0 fully saturated rings. The fraction of sp³-hybridized carbons (Fsp3) is 0.0625. The Morgan fingerprint density at radius 1 is 1.05 bits per heavy atom. The molecule has 0 saturated heterocycles. The molecule has 2 aromatic carbocycles. The lowest BCUT2D eigenvalue weighted by atomic mass is 10.2. The zero-order valence-corrected chi connectivity index (χ0v) is 12.6. The molecule has 0 bridgehead atoms. The molecule has 3 rings (SSSR count). The van der Waals surface area contributed by atoms with E-state index in [9.17, 15) is 13.2 Å². The summed E-state index contributed by atoms with van der Waals surface area (Å²) in [5, 5.41) is 0.606. The zero-order chi connectivity index (χ0) is 15.7. The fourth-order valence-electron chi connectivity index (χ4n) is 2.33. The molecule has 0 amide bonds. The van der Waals surface area contributed by atoms with Gasteiger partial charge in [-0.3, -0.25) is 4.79 Å². The second-order valence-electron chi connectivity index (χ2n) is 4.70. The predicted octanol–water partition coefficient (Wildman–Crippen LogP) is 2.70. The molecule has 0 N–H and O–H groups in total. The maximum absolute atomic E-state index is 12.8. The third kappa shape index (κ3) is 2.17. The van der Waals surface area contributed by atoms with Crippen LogP contribution in [0.2, 0.25) is 0 Å². The van der Waals surface area contributed by atoms with Crippen molar-refractivity contribution >= 4 is 27.2 Å². The Kier molecular flexibility index (Phi) is 3.46. The molecule has 3 aromatic rings. The summed E-state index contributed by atoms with van der Waals surface area (Å²) in [4.78, 5) is 11.3. The normalized spacial score (nSPS) is 11.5. The van der Waals surface area contributed by atoms with Gasteiger partial charge in [-0.2, -0.15) is 0 Å². The number of rotatable bonds is 4. The maximum Gasteiger partial charge on any atom is 0.268 e. The first-order chi connectivity index (χ1) is 10.6. The van der Waals surface area contributed by atoms with Crippen LogP contribution in [-0.2, 0) is 10.0 Å². The molecule has 0 spiro atoms. The zero-order valence-electron chi connectivity index (χ0n) is 11.8. The van der Waals surface area contributed by atoms with Crippen molar-refractivity contribution in [3.05, 3.63) is 60.3 Å². The number of carbonyl (C=O) groups is 1. The first-order valence-electron chi connectivity index (χ1n) is 6.53. The van der Waals surface area contributed by atoms with Gasteiger partial charge in [0.2, 0.25) is 0 Å². The van der Waals surface area contributed by atoms with Gasteiger partial charge in [0, 0.05) is 17.1 Å². The highest BCUT2D eigenvalue weighted by Crippen LogP contribution is 2.25. The standard InChI is InChI=1S/C16H13NO4S/c1-21-13-6-8-14(9-7-13)22(19,20)17-10-12(11-18)15-4-2-3-5-16(15)17/h2-11H,1H3. The highest BCUT2D eigenvalue weighted by molar-refractivity contribution is 7.90. The molecule has 0 saturated carbocycles. The average Bonchev–Trinajstić information content (AvgIpc) is 2.94. The third-order valence-electron chi connectivity index (χ3n) is 3.45. The largest absolute Gasteiger partial charge is 0.497 e. The van der Waals surface area contributed by atoms with E-state index in [1.165, 1.54) is 25.4 Å². The van der Waals surface area contributed by atoms with Crippen molar-refractivity contribution in [2.75, 3.05) is 7.11 Å². The fourth-order valence-corrected chi connectivity index (χ4v) is 3.71. The van der Waals surface area contributed by atoms with Crippen molar-refractivity contribution in [1.82, 2.24) is 3.97 Å². The van der Waals surface area contributed by atoms with Gasteiger partial charge in [-0.1, -0.05) is 18.2 Å². The summed E-state index contributed by atoms with van der Waals surface area (Å²) in [6.07, 6.45) is 2.00. The van der Waals surface area contributed by atoms with Gasteiger partial charge in [0.1, 0.15) is 5.75 Å². The molecule has 0 aliphatic rings. The van der Waals surface area contributed by atoms with Crippen LogP contribution in [0.5, 0.6) is 5.75 Å². The SMILES string of the molecule is COc1ccc(S(=O)(=O)n2cc(C=O)c3ccccc32)cc1. The number of aldehydes is 1. The van der Waals surface area contributed by atoms with E-state index >= 15 is 0 Å². The van der Waals surface area contributed by atoms with Crippen LogP contribution in [-0.4, -0.2) is 25.8 Å². The van der Waals surface area contributed by atoms with Gasteiger partial charge in [0.25, 0.3) is 10.0 Å². The van der Waals surface area contributed by atoms with Gasteiger partial charge in [-0.15, -0.1) is 0 Å². The van der Waals surface area contributed by atoms with E-state index in [1.54, 1.807) is 36.4 Å². The summed E-state index contributed by atoms with van der Waals surface area (Å²) in [6.45, 7) is 0. The number of fused-ring (bicyclic) bond motifs is 1. The number of aromatic nitrogens is 1. The molecule has 5 nitrogen and oxygen atoms in total. The molecule has 22 heavy (non-hydrogen) atoms. The van der Waals surface area contributed by atoms with Crippen LogP contribution in [0, 0.1) is 0 Å². The minimum Gasteiger partial charge on any atom is -0.497 e. The van der Waals surface area contributed by atoms with E-state index in [4.69, 9.17) is 4.74 Å². The Labute approximate surface area is 127 Å². The van der Waals surface area contributed by atoms with Crippen LogP contribution in [0.3, 0.4) is 0 Å². The molecular weight excluding hydrogens is 302 g/mol. The van der Waals surface area contributed by atoms with E-state index in [2.05, 4.69) is 0 Å². The molecule has 1 heterocycles. The number of para-hydroxylation sites is 1. The number of hydrogen-bond donors (Lipinski definition) is 0. The first kappa shape index (κ1) is 14.3. The highest BCUT2D eigenvalue weighted by Gasteiger charge is 2.20. The van der Waals surface area contributed by atoms with Gasteiger partial charge in [-0.25, -0.2) is 12.4 Å². The minimum atomic E-state index is -3.78. The van der Waals surface area contributed by atoms with Crippen LogP contribution in [0.4, 0.5) is 0 Å². The molecule has 112 valence electrons. The molecule has 0 aliphatic carbocycles. The number of ether oxygens (including phenoxy) is 1. The molecular formula is C16H13NO4S. The first-order valence-corrected chi connectivity index (χ1v) is 7.97. The van der Waals surface area contributed by atoms with Gasteiger partial charge in [0.15, 0.2) is 6.29 Å². The molecule has 0 aliphatic heterocycles. The van der Waals surface area contributed by atoms with Crippen molar-refractivity contribution < 1.29 is 17.9 Å². The molecule has 0 atom stereocenters. The smallest absolute Gasteiger partial charge is 0.268 e. The Morgan fingerprint density at radius 3 is 2.36 bits per heavy atom. The Bertz CT molecular complexity index is 940. The second-order valence-corrected chi connectivity index (χ2v) is 6.51. The lowest BCUT2D eigenvalue weighted by Gasteiger charge is -2.08. The number of carbonyl (C=O) groups excluding carboxylic acids is 1. The van der Waals surface area contributed by atoms with Crippen LogP contribution < -0.4 is 4.74 Å². The van der Waals surface area contributed by atoms with Crippen molar-refractivity contribution in [2.45, 2.75) is 4.90 Å². The van der Waals surface area contributed by atoms with Crippen LogP contribution in [0.1, 0.15) is 10.4 Å². The van der Waals surface area contributed by atoms with Crippen LogP contribution in [0.15, 0.2) is 59.6 Å². The topological polar surface area (TPSA) is 65.4 Å². The predicted molar refractivity (Wildman–Crippen MR) is 82.9 cm³/mol.